The van der Waals surface area contributed by atoms with Crippen LogP contribution < -0.4 is 4.90 Å². The van der Waals surface area contributed by atoms with E-state index < -0.39 is 0 Å². The third kappa shape index (κ3) is 1.35. The molecular weight excluding hydrogens is 286 g/mol. The number of hydrogen-bond donors (Lipinski definition) is 0. The predicted octanol–water partition coefficient (Wildman–Crippen LogP) is 2.90. The van der Waals surface area contributed by atoms with Crippen LogP contribution in [0.5, 0.6) is 0 Å². The van der Waals surface area contributed by atoms with Crippen molar-refractivity contribution in [1.82, 2.24) is 0 Å². The molecule has 6 rings (SSSR count). The number of para-hydroxylation sites is 1. The van der Waals surface area contributed by atoms with Crippen molar-refractivity contribution in [2.45, 2.75) is 6.42 Å². The molecule has 1 heterocycles. The van der Waals surface area contributed by atoms with E-state index >= 15 is 0 Å². The monoisotopic (exact) mass is 299 g/mol. The number of hydrogen-bond acceptors (Lipinski definition) is 2. The van der Waals surface area contributed by atoms with Crippen LogP contribution in [0.15, 0.2) is 36.4 Å². The molecule has 0 unspecified atom stereocenters. The summed E-state index contributed by atoms with van der Waals surface area (Å²) >= 11 is 6.20. The van der Waals surface area contributed by atoms with Gasteiger partial charge in [-0.05, 0) is 42.2 Å². The lowest BCUT2D eigenvalue weighted by atomic mass is 9.63. The number of carbonyl (C=O) groups is 2. The molecule has 21 heavy (non-hydrogen) atoms. The van der Waals surface area contributed by atoms with Crippen molar-refractivity contribution in [3.63, 3.8) is 0 Å². The van der Waals surface area contributed by atoms with Crippen molar-refractivity contribution < 1.29 is 9.59 Å². The van der Waals surface area contributed by atoms with Gasteiger partial charge in [0, 0.05) is 0 Å². The molecule has 2 amide bonds. The van der Waals surface area contributed by atoms with Gasteiger partial charge in [0.2, 0.25) is 11.8 Å². The highest BCUT2D eigenvalue weighted by Crippen LogP contribution is 2.65. The van der Waals surface area contributed by atoms with Gasteiger partial charge >= 0.3 is 0 Å². The Morgan fingerprint density at radius 3 is 2.10 bits per heavy atom. The Hall–Kier alpha value is -1.61. The number of benzene rings is 1. The summed E-state index contributed by atoms with van der Waals surface area (Å²) in [5.74, 6) is 1.35. The number of carbonyl (C=O) groups excluding carboxylic acids is 2. The molecule has 0 radical (unpaired) electrons. The second-order valence-electron chi connectivity index (χ2n) is 6.62. The molecule has 4 aliphatic carbocycles. The van der Waals surface area contributed by atoms with Crippen molar-refractivity contribution in [3.05, 3.63) is 41.4 Å². The normalized spacial score (nSPS) is 42.2. The fourth-order valence-corrected chi connectivity index (χ4v) is 5.05. The fourth-order valence-electron chi connectivity index (χ4n) is 4.83. The van der Waals surface area contributed by atoms with E-state index in [1.54, 1.807) is 12.1 Å². The van der Waals surface area contributed by atoms with E-state index in [-0.39, 0.29) is 35.5 Å². The van der Waals surface area contributed by atoms with Crippen LogP contribution in [0, 0.1) is 35.5 Å². The standard InChI is InChI=1S/C17H14ClNO2/c18-12-3-1-2-4-13(12)19-16(20)14-8-5-6-9(11-7-10(8)11)15(14)17(19)21/h1-6,8-11,14-15H,7H2/t8-,9-,10-,11-,14-,15+/m0/s1. The van der Waals surface area contributed by atoms with E-state index in [1.165, 1.54) is 11.3 Å². The van der Waals surface area contributed by atoms with Gasteiger partial charge < -0.3 is 0 Å². The van der Waals surface area contributed by atoms with Crippen molar-refractivity contribution in [3.8, 4) is 0 Å². The van der Waals surface area contributed by atoms with Crippen molar-refractivity contribution >= 4 is 29.1 Å². The maximum absolute atomic E-state index is 12.9. The van der Waals surface area contributed by atoms with E-state index in [4.69, 9.17) is 11.6 Å². The summed E-state index contributed by atoms with van der Waals surface area (Å²) in [7, 11) is 0. The van der Waals surface area contributed by atoms with Crippen molar-refractivity contribution in [2.75, 3.05) is 4.90 Å². The number of nitrogens with zero attached hydrogens (tertiary/aromatic N) is 1. The maximum atomic E-state index is 12.9. The third-order valence-electron chi connectivity index (χ3n) is 5.76. The van der Waals surface area contributed by atoms with Gasteiger partial charge in [0.25, 0.3) is 0 Å². The summed E-state index contributed by atoms with van der Waals surface area (Å²) in [6, 6.07) is 7.10. The van der Waals surface area contributed by atoms with Gasteiger partial charge in [-0.15, -0.1) is 0 Å². The first-order valence-electron chi connectivity index (χ1n) is 7.49. The lowest BCUT2D eigenvalue weighted by Gasteiger charge is -2.37. The summed E-state index contributed by atoms with van der Waals surface area (Å²) in [6.45, 7) is 0. The molecule has 4 heteroatoms. The minimum absolute atomic E-state index is 0.0530. The molecule has 2 saturated carbocycles. The summed E-state index contributed by atoms with van der Waals surface area (Å²) in [5, 5.41) is 0.461. The average Bonchev–Trinajstić information content (AvgIpc) is 3.26. The van der Waals surface area contributed by atoms with Crippen LogP contribution in [-0.2, 0) is 9.59 Å². The molecule has 1 saturated heterocycles. The Morgan fingerprint density at radius 2 is 1.52 bits per heavy atom. The lowest BCUT2D eigenvalue weighted by molar-refractivity contribution is -0.124. The van der Waals surface area contributed by atoms with Gasteiger partial charge in [-0.2, -0.15) is 0 Å². The molecular formula is C17H14ClNO2. The smallest absolute Gasteiger partial charge is 0.238 e. The predicted molar refractivity (Wildman–Crippen MR) is 78.6 cm³/mol. The number of imide groups is 1. The van der Waals surface area contributed by atoms with E-state index in [9.17, 15) is 9.59 Å². The van der Waals surface area contributed by atoms with Crippen LogP contribution in [0.4, 0.5) is 5.69 Å². The molecule has 0 N–H and O–H groups in total. The van der Waals surface area contributed by atoms with Crippen LogP contribution in [0.25, 0.3) is 0 Å². The highest BCUT2D eigenvalue weighted by atomic mass is 35.5. The number of halogens is 1. The van der Waals surface area contributed by atoms with Crippen LogP contribution in [0.1, 0.15) is 6.42 Å². The third-order valence-corrected chi connectivity index (χ3v) is 6.08. The fraction of sp³-hybridized carbons (Fsp3) is 0.412. The molecule has 1 aromatic carbocycles. The van der Waals surface area contributed by atoms with Gasteiger partial charge in [-0.3, -0.25) is 9.59 Å². The first kappa shape index (κ1) is 12.0. The Bertz CT molecular complexity index is 676. The van der Waals surface area contributed by atoms with Gasteiger partial charge in [0.05, 0.1) is 22.5 Å². The Labute approximate surface area is 127 Å². The zero-order valence-electron chi connectivity index (χ0n) is 11.3. The molecule has 3 fully saturated rings. The van der Waals surface area contributed by atoms with Gasteiger partial charge in [-0.25, -0.2) is 4.90 Å². The quantitative estimate of drug-likeness (QED) is 0.591. The van der Waals surface area contributed by atoms with E-state index in [0.717, 1.165) is 0 Å². The summed E-state index contributed by atoms with van der Waals surface area (Å²) in [4.78, 5) is 27.1. The first-order chi connectivity index (χ1) is 10.2. The summed E-state index contributed by atoms with van der Waals surface area (Å²) in [5.41, 5.74) is 0.539. The van der Waals surface area contributed by atoms with E-state index in [1.807, 2.05) is 12.1 Å². The second kappa shape index (κ2) is 3.77. The summed E-state index contributed by atoms with van der Waals surface area (Å²) < 4.78 is 0. The molecule has 106 valence electrons. The molecule has 0 aromatic heterocycles. The van der Waals surface area contributed by atoms with Crippen LogP contribution >= 0.6 is 11.6 Å². The highest BCUT2D eigenvalue weighted by molar-refractivity contribution is 6.36. The molecule has 1 aliphatic heterocycles. The topological polar surface area (TPSA) is 37.4 Å². The Morgan fingerprint density at radius 1 is 0.952 bits per heavy atom. The molecule has 6 atom stereocenters. The maximum Gasteiger partial charge on any atom is 0.238 e. The number of amides is 2. The van der Waals surface area contributed by atoms with Gasteiger partial charge in [-0.1, -0.05) is 35.9 Å². The van der Waals surface area contributed by atoms with Gasteiger partial charge in [0.1, 0.15) is 0 Å². The number of allylic oxidation sites excluding steroid dienone is 2. The minimum Gasteiger partial charge on any atom is -0.274 e. The largest absolute Gasteiger partial charge is 0.274 e. The number of anilines is 1. The van der Waals surface area contributed by atoms with Crippen LogP contribution in [-0.4, -0.2) is 11.8 Å². The van der Waals surface area contributed by atoms with Crippen molar-refractivity contribution in [2.24, 2.45) is 35.5 Å². The zero-order chi connectivity index (χ0) is 14.3. The number of rotatable bonds is 1. The molecule has 2 bridgehead atoms. The minimum atomic E-state index is -0.160. The van der Waals surface area contributed by atoms with E-state index in [2.05, 4.69) is 12.2 Å². The first-order valence-corrected chi connectivity index (χ1v) is 7.87. The average molecular weight is 300 g/mol. The SMILES string of the molecule is O=C1[C@@H]2[C@H]3C=C[C@@H]([C@@H]4C[C@@H]34)[C@@H]2C(=O)N1c1ccccc1Cl. The zero-order valence-corrected chi connectivity index (χ0v) is 12.0. The second-order valence-corrected chi connectivity index (χ2v) is 7.03. The Kier molecular flexibility index (Phi) is 2.15. The van der Waals surface area contributed by atoms with E-state index in [0.29, 0.717) is 22.5 Å². The Balaban J connectivity index is 1.62. The van der Waals surface area contributed by atoms with Crippen LogP contribution in [0.2, 0.25) is 5.02 Å². The highest BCUT2D eigenvalue weighted by Gasteiger charge is 2.67. The summed E-state index contributed by atoms with van der Waals surface area (Å²) in [6.07, 6.45) is 5.55. The molecule has 5 aliphatic rings. The lowest BCUT2D eigenvalue weighted by Crippen LogP contribution is -2.40. The molecule has 3 nitrogen and oxygen atoms in total. The van der Waals surface area contributed by atoms with Crippen LogP contribution in [0.3, 0.4) is 0 Å². The van der Waals surface area contributed by atoms with Crippen molar-refractivity contribution in [1.29, 1.82) is 0 Å². The molecule has 1 aromatic rings. The molecule has 0 spiro atoms. The van der Waals surface area contributed by atoms with Gasteiger partial charge in [0.15, 0.2) is 0 Å².